The first-order valence-electron chi connectivity index (χ1n) is 7.58. The summed E-state index contributed by atoms with van der Waals surface area (Å²) in [6.45, 7) is 5.42. The molecule has 3 heteroatoms. The first kappa shape index (κ1) is 15.4. The molecule has 1 amide bonds. The molecule has 112 valence electrons. The van der Waals surface area contributed by atoms with Crippen LogP contribution in [0.3, 0.4) is 0 Å². The van der Waals surface area contributed by atoms with Gasteiger partial charge in [-0.15, -0.1) is 0 Å². The van der Waals surface area contributed by atoms with Crippen molar-refractivity contribution in [1.82, 2.24) is 4.90 Å². The van der Waals surface area contributed by atoms with Crippen LogP contribution in [0.1, 0.15) is 43.9 Å². The predicted molar refractivity (Wildman–Crippen MR) is 83.9 cm³/mol. The topological polar surface area (TPSA) is 33.5 Å². The molecule has 2 rings (SSSR count). The molecule has 0 radical (unpaired) electrons. The second-order valence-corrected chi connectivity index (χ2v) is 5.33. The van der Waals surface area contributed by atoms with Crippen LogP contribution in [-0.4, -0.2) is 17.4 Å². The number of furan rings is 1. The van der Waals surface area contributed by atoms with Crippen molar-refractivity contribution in [2.45, 2.75) is 39.2 Å². The number of carbonyl (C=O) groups is 1. The van der Waals surface area contributed by atoms with Crippen LogP contribution in [0.5, 0.6) is 0 Å². The fourth-order valence-electron chi connectivity index (χ4n) is 2.36. The summed E-state index contributed by atoms with van der Waals surface area (Å²) in [7, 11) is 0. The lowest BCUT2D eigenvalue weighted by Gasteiger charge is -2.25. The molecule has 1 atom stereocenters. The minimum Gasteiger partial charge on any atom is -0.467 e. The minimum atomic E-state index is -0.127. The average Bonchev–Trinajstić information content (AvgIpc) is 3.04. The molecule has 21 heavy (non-hydrogen) atoms. The van der Waals surface area contributed by atoms with Gasteiger partial charge in [-0.3, -0.25) is 4.79 Å². The number of nitrogens with zero attached hydrogens (tertiary/aromatic N) is 1. The fraction of sp³-hybridized carbons (Fsp3) is 0.389. The summed E-state index contributed by atoms with van der Waals surface area (Å²) >= 11 is 0. The van der Waals surface area contributed by atoms with Gasteiger partial charge in [0.05, 0.1) is 18.7 Å². The first-order valence-corrected chi connectivity index (χ1v) is 7.58. The van der Waals surface area contributed by atoms with E-state index in [2.05, 4.69) is 6.92 Å². The van der Waals surface area contributed by atoms with Crippen molar-refractivity contribution >= 4 is 5.91 Å². The zero-order chi connectivity index (χ0) is 15.1. The number of carbonyl (C=O) groups excluding carboxylic acids is 1. The molecule has 0 N–H and O–H groups in total. The zero-order valence-corrected chi connectivity index (χ0v) is 12.8. The van der Waals surface area contributed by atoms with Crippen LogP contribution in [0.15, 0.2) is 53.1 Å². The number of amides is 1. The summed E-state index contributed by atoms with van der Waals surface area (Å²) in [6, 6.07) is 13.7. The van der Waals surface area contributed by atoms with Crippen LogP contribution in [0, 0.1) is 0 Å². The summed E-state index contributed by atoms with van der Waals surface area (Å²) in [6.07, 6.45) is 3.73. The summed E-state index contributed by atoms with van der Waals surface area (Å²) in [4.78, 5) is 14.7. The van der Waals surface area contributed by atoms with Gasteiger partial charge in [0.25, 0.3) is 0 Å². The molecule has 3 nitrogen and oxygen atoms in total. The van der Waals surface area contributed by atoms with Crippen molar-refractivity contribution in [3.8, 4) is 0 Å². The Morgan fingerprint density at radius 2 is 1.95 bits per heavy atom. The molecule has 0 fully saturated rings. The minimum absolute atomic E-state index is 0.127. The van der Waals surface area contributed by atoms with Gasteiger partial charge in [0.2, 0.25) is 5.91 Å². The van der Waals surface area contributed by atoms with E-state index in [1.807, 2.05) is 54.3 Å². The van der Waals surface area contributed by atoms with Crippen LogP contribution in [0.4, 0.5) is 0 Å². The Balaban J connectivity index is 2.09. The van der Waals surface area contributed by atoms with Crippen molar-refractivity contribution in [2.24, 2.45) is 0 Å². The summed E-state index contributed by atoms with van der Waals surface area (Å²) < 4.78 is 5.39. The fourth-order valence-corrected chi connectivity index (χ4v) is 2.36. The Kier molecular flexibility index (Phi) is 5.61. The predicted octanol–water partition coefficient (Wildman–Crippen LogP) is 4.21. The number of hydrogen-bond acceptors (Lipinski definition) is 2. The van der Waals surface area contributed by atoms with E-state index in [0.717, 1.165) is 30.7 Å². The van der Waals surface area contributed by atoms with Crippen molar-refractivity contribution in [2.75, 3.05) is 6.54 Å². The van der Waals surface area contributed by atoms with Crippen LogP contribution in [0.25, 0.3) is 0 Å². The van der Waals surface area contributed by atoms with E-state index in [9.17, 15) is 4.79 Å². The number of unbranched alkanes of at least 4 members (excludes halogenated alkanes) is 1. The van der Waals surface area contributed by atoms with Gasteiger partial charge >= 0.3 is 0 Å². The lowest BCUT2D eigenvalue weighted by atomic mass is 9.99. The Morgan fingerprint density at radius 3 is 2.57 bits per heavy atom. The average molecular weight is 285 g/mol. The van der Waals surface area contributed by atoms with E-state index >= 15 is 0 Å². The maximum absolute atomic E-state index is 12.8. The summed E-state index contributed by atoms with van der Waals surface area (Å²) in [5.74, 6) is 0.865. The molecule has 0 bridgehead atoms. The van der Waals surface area contributed by atoms with Gasteiger partial charge in [-0.1, -0.05) is 43.7 Å². The number of benzene rings is 1. The third-order valence-electron chi connectivity index (χ3n) is 3.69. The Bertz CT molecular complexity index is 534. The third-order valence-corrected chi connectivity index (χ3v) is 3.69. The molecule has 0 aliphatic heterocycles. The molecule has 0 saturated heterocycles. The summed E-state index contributed by atoms with van der Waals surface area (Å²) in [5, 5.41) is 0. The van der Waals surface area contributed by atoms with Gasteiger partial charge < -0.3 is 9.32 Å². The second kappa shape index (κ2) is 7.67. The molecule has 0 aliphatic rings. The molecule has 1 aromatic carbocycles. The van der Waals surface area contributed by atoms with E-state index in [4.69, 9.17) is 4.42 Å². The SMILES string of the molecule is CCCCN(Cc1ccco1)C(=O)[C@H](C)c1ccccc1. The van der Waals surface area contributed by atoms with Crippen molar-refractivity contribution < 1.29 is 9.21 Å². The standard InChI is InChI=1S/C18H23NO2/c1-3-4-12-19(14-17-11-8-13-21-17)18(20)15(2)16-9-6-5-7-10-16/h5-11,13,15H,3-4,12,14H2,1-2H3/t15-/m1/s1. The molecule has 0 saturated carbocycles. The molecule has 2 aromatic rings. The molecular formula is C18H23NO2. The summed E-state index contributed by atoms with van der Waals surface area (Å²) in [5.41, 5.74) is 1.06. The Morgan fingerprint density at radius 1 is 1.19 bits per heavy atom. The molecule has 0 aliphatic carbocycles. The van der Waals surface area contributed by atoms with E-state index in [0.29, 0.717) is 6.54 Å². The van der Waals surface area contributed by atoms with Gasteiger partial charge in [-0.05, 0) is 31.0 Å². The molecule has 1 heterocycles. The van der Waals surface area contributed by atoms with Gasteiger partial charge in [-0.25, -0.2) is 0 Å². The van der Waals surface area contributed by atoms with Crippen molar-refractivity contribution in [3.63, 3.8) is 0 Å². The lowest BCUT2D eigenvalue weighted by Crippen LogP contribution is -2.34. The number of hydrogen-bond donors (Lipinski definition) is 0. The van der Waals surface area contributed by atoms with Gasteiger partial charge in [-0.2, -0.15) is 0 Å². The van der Waals surface area contributed by atoms with Crippen molar-refractivity contribution in [1.29, 1.82) is 0 Å². The smallest absolute Gasteiger partial charge is 0.230 e. The van der Waals surface area contributed by atoms with E-state index in [1.54, 1.807) is 6.26 Å². The normalized spacial score (nSPS) is 12.1. The molecule has 1 aromatic heterocycles. The van der Waals surface area contributed by atoms with Gasteiger partial charge in [0.15, 0.2) is 0 Å². The highest BCUT2D eigenvalue weighted by atomic mass is 16.3. The van der Waals surface area contributed by atoms with Crippen LogP contribution in [-0.2, 0) is 11.3 Å². The molecule has 0 unspecified atom stereocenters. The molecular weight excluding hydrogens is 262 g/mol. The van der Waals surface area contributed by atoms with Gasteiger partial charge in [0, 0.05) is 6.54 Å². The van der Waals surface area contributed by atoms with Crippen LogP contribution >= 0.6 is 0 Å². The highest BCUT2D eigenvalue weighted by molar-refractivity contribution is 5.83. The Hall–Kier alpha value is -2.03. The second-order valence-electron chi connectivity index (χ2n) is 5.33. The highest BCUT2D eigenvalue weighted by Gasteiger charge is 2.22. The highest BCUT2D eigenvalue weighted by Crippen LogP contribution is 2.19. The zero-order valence-electron chi connectivity index (χ0n) is 12.8. The van der Waals surface area contributed by atoms with E-state index in [-0.39, 0.29) is 11.8 Å². The van der Waals surface area contributed by atoms with Crippen LogP contribution < -0.4 is 0 Å². The van der Waals surface area contributed by atoms with Crippen LogP contribution in [0.2, 0.25) is 0 Å². The van der Waals surface area contributed by atoms with E-state index in [1.165, 1.54) is 0 Å². The Labute approximate surface area is 126 Å². The van der Waals surface area contributed by atoms with Gasteiger partial charge in [0.1, 0.15) is 5.76 Å². The van der Waals surface area contributed by atoms with Crippen molar-refractivity contribution in [3.05, 3.63) is 60.1 Å². The first-order chi connectivity index (χ1) is 10.2. The third kappa shape index (κ3) is 4.22. The molecule has 0 spiro atoms. The van der Waals surface area contributed by atoms with E-state index < -0.39 is 0 Å². The maximum atomic E-state index is 12.8. The quantitative estimate of drug-likeness (QED) is 0.763. The monoisotopic (exact) mass is 285 g/mol. The maximum Gasteiger partial charge on any atom is 0.230 e. The number of rotatable bonds is 7. The lowest BCUT2D eigenvalue weighted by molar-refractivity contribution is -0.133. The largest absolute Gasteiger partial charge is 0.467 e.